The maximum absolute atomic E-state index is 13.0. The first-order valence-electron chi connectivity index (χ1n) is 9.34. The molecule has 0 spiro atoms. The summed E-state index contributed by atoms with van der Waals surface area (Å²) in [5, 5.41) is 0. The van der Waals surface area contributed by atoms with Crippen molar-refractivity contribution in [2.75, 3.05) is 6.54 Å². The summed E-state index contributed by atoms with van der Waals surface area (Å²) >= 11 is 0. The highest BCUT2D eigenvalue weighted by Crippen LogP contribution is 2.34. The maximum atomic E-state index is 13.0. The van der Waals surface area contributed by atoms with E-state index in [9.17, 15) is 22.0 Å². The summed E-state index contributed by atoms with van der Waals surface area (Å²) in [6.07, 6.45) is 2.69. The standard InChI is InChI=1S/C21H23F2NO3S/c1-2-18(15-7-4-3-5-8-15)19-9-6-14-24(19)20(25)16-10-12-17(13-11-16)28(26,27)21(22)23/h3-5,7-8,10-13,18-19,21H,2,6,9,14H2,1H3/t18-,19-/m1/s1. The molecule has 0 bridgehead atoms. The van der Waals surface area contributed by atoms with Gasteiger partial charge < -0.3 is 4.90 Å². The number of carbonyl (C=O) groups excluding carboxylic acids is 1. The van der Waals surface area contributed by atoms with Crippen molar-refractivity contribution in [2.24, 2.45) is 0 Å². The fourth-order valence-electron chi connectivity index (χ4n) is 3.95. The van der Waals surface area contributed by atoms with Crippen LogP contribution in [0.25, 0.3) is 0 Å². The maximum Gasteiger partial charge on any atom is 0.341 e. The molecule has 1 aliphatic rings. The summed E-state index contributed by atoms with van der Waals surface area (Å²) in [7, 11) is -4.66. The largest absolute Gasteiger partial charge is 0.341 e. The van der Waals surface area contributed by atoms with Gasteiger partial charge in [-0.2, -0.15) is 8.78 Å². The Bertz CT molecular complexity index is 914. The summed E-state index contributed by atoms with van der Waals surface area (Å²) in [6.45, 7) is 2.73. The molecule has 0 radical (unpaired) electrons. The van der Waals surface area contributed by atoms with Crippen molar-refractivity contribution < 1.29 is 22.0 Å². The Morgan fingerprint density at radius 1 is 1.11 bits per heavy atom. The van der Waals surface area contributed by atoms with E-state index in [4.69, 9.17) is 0 Å². The van der Waals surface area contributed by atoms with Crippen LogP contribution in [0.15, 0.2) is 59.5 Å². The molecule has 4 nitrogen and oxygen atoms in total. The zero-order valence-corrected chi connectivity index (χ0v) is 16.4. The molecular weight excluding hydrogens is 384 g/mol. The molecule has 0 unspecified atom stereocenters. The van der Waals surface area contributed by atoms with Crippen LogP contribution in [0.1, 0.15) is 48.0 Å². The van der Waals surface area contributed by atoms with Crippen molar-refractivity contribution >= 4 is 15.7 Å². The van der Waals surface area contributed by atoms with Crippen molar-refractivity contribution in [1.82, 2.24) is 4.90 Å². The highest BCUT2D eigenvalue weighted by atomic mass is 32.2. The fraction of sp³-hybridized carbons (Fsp3) is 0.381. The molecule has 150 valence electrons. The number of hydrogen-bond donors (Lipinski definition) is 0. The van der Waals surface area contributed by atoms with Crippen LogP contribution in [0, 0.1) is 0 Å². The van der Waals surface area contributed by atoms with Crippen LogP contribution in [-0.2, 0) is 9.84 Å². The zero-order chi connectivity index (χ0) is 20.3. The van der Waals surface area contributed by atoms with Gasteiger partial charge in [-0.15, -0.1) is 0 Å². The normalized spacial score (nSPS) is 18.4. The van der Waals surface area contributed by atoms with E-state index in [0.717, 1.165) is 31.4 Å². The molecule has 1 fully saturated rings. The number of benzene rings is 2. The van der Waals surface area contributed by atoms with E-state index < -0.39 is 20.5 Å². The zero-order valence-electron chi connectivity index (χ0n) is 15.6. The molecule has 2 aromatic rings. The van der Waals surface area contributed by atoms with E-state index in [0.29, 0.717) is 12.1 Å². The Kier molecular flexibility index (Phi) is 6.13. The van der Waals surface area contributed by atoms with Crippen LogP contribution in [0.4, 0.5) is 8.78 Å². The Morgan fingerprint density at radius 3 is 2.32 bits per heavy atom. The number of hydrogen-bond acceptors (Lipinski definition) is 3. The number of sulfone groups is 1. The molecule has 0 saturated carbocycles. The van der Waals surface area contributed by atoms with Crippen molar-refractivity contribution in [3.05, 3.63) is 65.7 Å². The quantitative estimate of drug-likeness (QED) is 0.709. The third-order valence-corrected chi connectivity index (χ3v) is 6.75. The number of alkyl halides is 2. The molecule has 1 aliphatic heterocycles. The van der Waals surface area contributed by atoms with Crippen LogP contribution in [0.2, 0.25) is 0 Å². The number of halogens is 2. The Hall–Kier alpha value is -2.28. The SMILES string of the molecule is CC[C@H](c1ccccc1)[C@H]1CCCN1C(=O)c1ccc(S(=O)(=O)C(F)F)cc1. The van der Waals surface area contributed by atoms with Gasteiger partial charge in [0.05, 0.1) is 4.90 Å². The van der Waals surface area contributed by atoms with Crippen molar-refractivity contribution in [1.29, 1.82) is 0 Å². The van der Waals surface area contributed by atoms with E-state index in [1.807, 2.05) is 23.1 Å². The second-order valence-corrected chi connectivity index (χ2v) is 8.88. The van der Waals surface area contributed by atoms with Crippen LogP contribution < -0.4 is 0 Å². The van der Waals surface area contributed by atoms with Gasteiger partial charge in [-0.25, -0.2) is 8.42 Å². The minimum Gasteiger partial charge on any atom is -0.335 e. The summed E-state index contributed by atoms with van der Waals surface area (Å²) < 4.78 is 48.5. The molecule has 3 rings (SSSR count). The lowest BCUT2D eigenvalue weighted by Crippen LogP contribution is -2.39. The molecule has 0 N–H and O–H groups in total. The minimum absolute atomic E-state index is 0.0596. The average Bonchev–Trinajstić information content (AvgIpc) is 3.18. The van der Waals surface area contributed by atoms with E-state index >= 15 is 0 Å². The van der Waals surface area contributed by atoms with Gasteiger partial charge in [0.25, 0.3) is 5.91 Å². The smallest absolute Gasteiger partial charge is 0.335 e. The molecule has 2 aromatic carbocycles. The molecular formula is C21H23F2NO3S. The topological polar surface area (TPSA) is 54.5 Å². The third-order valence-electron chi connectivity index (χ3n) is 5.36. The molecule has 1 saturated heterocycles. The van der Waals surface area contributed by atoms with Crippen LogP contribution in [-0.4, -0.2) is 37.6 Å². The monoisotopic (exact) mass is 407 g/mol. The number of likely N-dealkylation sites (tertiary alicyclic amines) is 1. The van der Waals surface area contributed by atoms with Gasteiger partial charge in [-0.05, 0) is 49.1 Å². The Balaban J connectivity index is 1.83. The van der Waals surface area contributed by atoms with Crippen molar-refractivity contribution in [3.8, 4) is 0 Å². The highest BCUT2D eigenvalue weighted by molar-refractivity contribution is 7.91. The van der Waals surface area contributed by atoms with E-state index in [1.165, 1.54) is 17.7 Å². The Morgan fingerprint density at radius 2 is 1.75 bits per heavy atom. The summed E-state index contributed by atoms with van der Waals surface area (Å²) in [5.41, 5.74) is 1.50. The van der Waals surface area contributed by atoms with E-state index in [2.05, 4.69) is 19.1 Å². The van der Waals surface area contributed by atoms with Crippen molar-refractivity contribution in [2.45, 2.75) is 48.8 Å². The van der Waals surface area contributed by atoms with Crippen molar-refractivity contribution in [3.63, 3.8) is 0 Å². The van der Waals surface area contributed by atoms with Gasteiger partial charge in [-0.1, -0.05) is 37.3 Å². The molecule has 0 aliphatic carbocycles. The van der Waals surface area contributed by atoms with Crippen LogP contribution >= 0.6 is 0 Å². The molecule has 7 heteroatoms. The highest BCUT2D eigenvalue weighted by Gasteiger charge is 2.35. The van der Waals surface area contributed by atoms with Gasteiger partial charge in [0.2, 0.25) is 9.84 Å². The first kappa shape index (κ1) is 20.5. The lowest BCUT2D eigenvalue weighted by molar-refractivity contribution is 0.0714. The first-order chi connectivity index (χ1) is 13.4. The van der Waals surface area contributed by atoms with E-state index in [-0.39, 0.29) is 17.9 Å². The van der Waals surface area contributed by atoms with Gasteiger partial charge in [0.15, 0.2) is 0 Å². The number of amides is 1. The molecule has 1 heterocycles. The second-order valence-electron chi connectivity index (χ2n) is 6.96. The molecule has 0 aromatic heterocycles. The third kappa shape index (κ3) is 3.94. The second kappa shape index (κ2) is 8.39. The number of carbonyl (C=O) groups is 1. The molecule has 1 amide bonds. The van der Waals surface area contributed by atoms with Crippen LogP contribution in [0.3, 0.4) is 0 Å². The lowest BCUT2D eigenvalue weighted by Gasteiger charge is -2.31. The van der Waals surface area contributed by atoms with Gasteiger partial charge in [0, 0.05) is 24.1 Å². The van der Waals surface area contributed by atoms with Gasteiger partial charge in [0.1, 0.15) is 0 Å². The lowest BCUT2D eigenvalue weighted by atomic mass is 9.87. The first-order valence-corrected chi connectivity index (χ1v) is 10.9. The summed E-state index contributed by atoms with van der Waals surface area (Å²) in [5.74, 6) is -3.46. The number of nitrogens with zero attached hydrogens (tertiary/aromatic N) is 1. The number of rotatable bonds is 6. The average molecular weight is 407 g/mol. The van der Waals surface area contributed by atoms with Gasteiger partial charge in [-0.3, -0.25) is 4.79 Å². The minimum atomic E-state index is -4.66. The molecule has 28 heavy (non-hydrogen) atoms. The summed E-state index contributed by atoms with van der Waals surface area (Å²) in [4.78, 5) is 14.4. The van der Waals surface area contributed by atoms with Gasteiger partial charge >= 0.3 is 5.76 Å². The Labute approximate surface area is 164 Å². The molecule has 2 atom stereocenters. The predicted octanol–water partition coefficient (Wildman–Crippen LogP) is 4.48. The van der Waals surface area contributed by atoms with Crippen LogP contribution in [0.5, 0.6) is 0 Å². The summed E-state index contributed by atoms with van der Waals surface area (Å²) in [6, 6.07) is 14.9. The predicted molar refractivity (Wildman–Crippen MR) is 103 cm³/mol. The van der Waals surface area contributed by atoms with E-state index in [1.54, 1.807) is 0 Å². The fourth-order valence-corrected chi connectivity index (χ4v) is 4.67.